The second-order valence-corrected chi connectivity index (χ2v) is 6.45. The van der Waals surface area contributed by atoms with Crippen LogP contribution in [0.15, 0.2) is 35.4 Å². The van der Waals surface area contributed by atoms with Gasteiger partial charge in [-0.25, -0.2) is 4.98 Å². The van der Waals surface area contributed by atoms with Crippen LogP contribution >= 0.6 is 22.7 Å². The standard InChI is InChI=1S/C16H14N4OS2/c21-5-1-2-12-6-14(22-10-12)8-18-7-13-11-23-16(20-13)15-9-17-3-4-19-15/h3-4,6,9-11,18,21H,5,7-8H2. The lowest BCUT2D eigenvalue weighted by atomic mass is 10.3. The number of aliphatic hydroxyl groups excluding tert-OH is 1. The van der Waals surface area contributed by atoms with Crippen LogP contribution in [0.2, 0.25) is 0 Å². The Kier molecular flexibility index (Phi) is 5.45. The Morgan fingerprint density at radius 3 is 2.96 bits per heavy atom. The first-order valence-corrected chi connectivity index (χ1v) is 8.70. The van der Waals surface area contributed by atoms with E-state index in [0.717, 1.165) is 28.5 Å². The molecule has 3 aromatic heterocycles. The van der Waals surface area contributed by atoms with Gasteiger partial charge in [0.05, 0.1) is 11.9 Å². The van der Waals surface area contributed by atoms with Gasteiger partial charge in [-0.05, 0) is 6.07 Å². The molecule has 23 heavy (non-hydrogen) atoms. The molecule has 3 heterocycles. The second kappa shape index (κ2) is 7.94. The van der Waals surface area contributed by atoms with Gasteiger partial charge in [-0.3, -0.25) is 9.97 Å². The van der Waals surface area contributed by atoms with Crippen molar-refractivity contribution in [2.24, 2.45) is 0 Å². The molecule has 0 aliphatic carbocycles. The summed E-state index contributed by atoms with van der Waals surface area (Å²) in [4.78, 5) is 14.1. The van der Waals surface area contributed by atoms with Crippen LogP contribution in [-0.4, -0.2) is 26.7 Å². The summed E-state index contributed by atoms with van der Waals surface area (Å²) in [6.45, 7) is 1.36. The highest BCUT2D eigenvalue weighted by Gasteiger charge is 2.06. The summed E-state index contributed by atoms with van der Waals surface area (Å²) in [5.74, 6) is 5.55. The molecule has 0 aromatic carbocycles. The Morgan fingerprint density at radius 1 is 1.17 bits per heavy atom. The van der Waals surface area contributed by atoms with Gasteiger partial charge in [0, 0.05) is 46.7 Å². The summed E-state index contributed by atoms with van der Waals surface area (Å²) >= 11 is 3.22. The Hall–Kier alpha value is -2.11. The summed E-state index contributed by atoms with van der Waals surface area (Å²) in [5.41, 5.74) is 2.74. The molecule has 5 nitrogen and oxygen atoms in total. The minimum Gasteiger partial charge on any atom is -0.384 e. The van der Waals surface area contributed by atoms with Crippen molar-refractivity contribution < 1.29 is 5.11 Å². The molecule has 2 N–H and O–H groups in total. The predicted octanol–water partition coefficient (Wildman–Crippen LogP) is 2.30. The van der Waals surface area contributed by atoms with E-state index in [1.807, 2.05) is 16.8 Å². The number of nitrogens with zero attached hydrogens (tertiary/aromatic N) is 3. The van der Waals surface area contributed by atoms with E-state index in [2.05, 4.69) is 32.1 Å². The molecule has 3 aromatic rings. The third-order valence-corrected chi connectivity index (χ3v) is 4.76. The molecule has 0 atom stereocenters. The SMILES string of the molecule is OCC#Cc1csc(CNCc2csc(-c3cnccn3)n2)c1. The second-order valence-electron chi connectivity index (χ2n) is 4.60. The number of aromatic nitrogens is 3. The average molecular weight is 342 g/mol. The lowest BCUT2D eigenvalue weighted by Crippen LogP contribution is -2.11. The maximum Gasteiger partial charge on any atom is 0.143 e. The van der Waals surface area contributed by atoms with Gasteiger partial charge < -0.3 is 10.4 Å². The van der Waals surface area contributed by atoms with Crippen molar-refractivity contribution in [1.82, 2.24) is 20.3 Å². The zero-order chi connectivity index (χ0) is 15.9. The highest BCUT2D eigenvalue weighted by molar-refractivity contribution is 7.13. The summed E-state index contributed by atoms with van der Waals surface area (Å²) < 4.78 is 0. The van der Waals surface area contributed by atoms with Gasteiger partial charge in [-0.1, -0.05) is 11.8 Å². The molecule has 0 amide bonds. The zero-order valence-corrected chi connectivity index (χ0v) is 13.8. The number of aliphatic hydroxyl groups is 1. The van der Waals surface area contributed by atoms with E-state index in [0.29, 0.717) is 6.54 Å². The zero-order valence-electron chi connectivity index (χ0n) is 12.2. The van der Waals surface area contributed by atoms with Crippen LogP contribution < -0.4 is 5.32 Å². The monoisotopic (exact) mass is 342 g/mol. The first kappa shape index (κ1) is 15.8. The maximum absolute atomic E-state index is 8.69. The molecule has 0 aliphatic rings. The molecule has 0 radical (unpaired) electrons. The molecule has 0 bridgehead atoms. The Bertz CT molecular complexity index is 817. The Balaban J connectivity index is 1.53. The van der Waals surface area contributed by atoms with E-state index >= 15 is 0 Å². The number of hydrogen-bond donors (Lipinski definition) is 2. The fourth-order valence-corrected chi connectivity index (χ4v) is 3.48. The average Bonchev–Trinajstić information content (AvgIpc) is 3.23. The summed E-state index contributed by atoms with van der Waals surface area (Å²) in [6, 6.07) is 2.03. The summed E-state index contributed by atoms with van der Waals surface area (Å²) in [6.07, 6.45) is 5.04. The lowest BCUT2D eigenvalue weighted by molar-refractivity contribution is 0.350. The van der Waals surface area contributed by atoms with Gasteiger partial charge in [-0.15, -0.1) is 22.7 Å². The van der Waals surface area contributed by atoms with E-state index in [9.17, 15) is 0 Å². The summed E-state index contributed by atoms with van der Waals surface area (Å²) in [7, 11) is 0. The van der Waals surface area contributed by atoms with E-state index in [1.54, 1.807) is 41.3 Å². The van der Waals surface area contributed by atoms with Crippen molar-refractivity contribution in [3.63, 3.8) is 0 Å². The number of thiazole rings is 1. The minimum atomic E-state index is -0.110. The van der Waals surface area contributed by atoms with Gasteiger partial charge in [0.2, 0.25) is 0 Å². The topological polar surface area (TPSA) is 70.9 Å². The lowest BCUT2D eigenvalue weighted by Gasteiger charge is -1.99. The predicted molar refractivity (Wildman–Crippen MR) is 92.0 cm³/mol. The van der Waals surface area contributed by atoms with Crippen LogP contribution in [0.1, 0.15) is 16.1 Å². The molecular formula is C16H14N4OS2. The van der Waals surface area contributed by atoms with E-state index in [-0.39, 0.29) is 6.61 Å². The molecule has 0 aliphatic heterocycles. The quantitative estimate of drug-likeness (QED) is 0.696. The fraction of sp³-hybridized carbons (Fsp3) is 0.188. The van der Waals surface area contributed by atoms with Crippen LogP contribution in [0.3, 0.4) is 0 Å². The van der Waals surface area contributed by atoms with E-state index in [1.165, 1.54) is 4.88 Å². The van der Waals surface area contributed by atoms with E-state index in [4.69, 9.17) is 5.11 Å². The van der Waals surface area contributed by atoms with Crippen molar-refractivity contribution in [3.05, 3.63) is 51.6 Å². The van der Waals surface area contributed by atoms with Crippen molar-refractivity contribution >= 4 is 22.7 Å². The van der Waals surface area contributed by atoms with Crippen LogP contribution in [0.4, 0.5) is 0 Å². The molecule has 0 fully saturated rings. The third kappa shape index (κ3) is 4.43. The number of nitrogens with one attached hydrogen (secondary N) is 1. The minimum absolute atomic E-state index is 0.110. The molecule has 0 spiro atoms. The van der Waals surface area contributed by atoms with Crippen molar-refractivity contribution in [2.45, 2.75) is 13.1 Å². The van der Waals surface area contributed by atoms with Gasteiger partial charge in [0.25, 0.3) is 0 Å². The van der Waals surface area contributed by atoms with Gasteiger partial charge in [0.1, 0.15) is 17.3 Å². The first-order valence-electron chi connectivity index (χ1n) is 6.94. The summed E-state index contributed by atoms with van der Waals surface area (Å²) in [5, 5.41) is 17.0. The van der Waals surface area contributed by atoms with Crippen LogP contribution in [0.25, 0.3) is 10.7 Å². The van der Waals surface area contributed by atoms with Gasteiger partial charge in [-0.2, -0.15) is 0 Å². The highest BCUT2D eigenvalue weighted by Crippen LogP contribution is 2.20. The van der Waals surface area contributed by atoms with Gasteiger partial charge in [0.15, 0.2) is 0 Å². The normalized spacial score (nSPS) is 10.3. The molecule has 3 rings (SSSR count). The fourth-order valence-electron chi connectivity index (χ4n) is 1.91. The van der Waals surface area contributed by atoms with Crippen molar-refractivity contribution in [1.29, 1.82) is 0 Å². The molecule has 0 unspecified atom stereocenters. The third-order valence-electron chi connectivity index (χ3n) is 2.90. The van der Waals surface area contributed by atoms with Crippen LogP contribution in [0.5, 0.6) is 0 Å². The number of thiophene rings is 1. The molecule has 116 valence electrons. The van der Waals surface area contributed by atoms with Gasteiger partial charge >= 0.3 is 0 Å². The van der Waals surface area contributed by atoms with Crippen molar-refractivity contribution in [2.75, 3.05) is 6.61 Å². The van der Waals surface area contributed by atoms with Crippen molar-refractivity contribution in [3.8, 4) is 22.5 Å². The molecule has 0 saturated heterocycles. The van der Waals surface area contributed by atoms with Crippen LogP contribution in [0, 0.1) is 11.8 Å². The molecule has 0 saturated carbocycles. The highest BCUT2D eigenvalue weighted by atomic mass is 32.1. The largest absolute Gasteiger partial charge is 0.384 e. The molecular weight excluding hydrogens is 328 g/mol. The number of rotatable bonds is 5. The number of hydrogen-bond acceptors (Lipinski definition) is 7. The Labute approximate surface area is 142 Å². The first-order chi connectivity index (χ1) is 11.3. The maximum atomic E-state index is 8.69. The van der Waals surface area contributed by atoms with E-state index < -0.39 is 0 Å². The van der Waals surface area contributed by atoms with Crippen LogP contribution in [-0.2, 0) is 13.1 Å². The Morgan fingerprint density at radius 2 is 2.13 bits per heavy atom. The molecule has 7 heteroatoms. The smallest absolute Gasteiger partial charge is 0.143 e.